The van der Waals surface area contributed by atoms with Crippen LogP contribution in [0.3, 0.4) is 0 Å². The Kier molecular flexibility index (Phi) is 8.29. The van der Waals surface area contributed by atoms with Gasteiger partial charge >= 0.3 is 5.97 Å². The number of carbonyl (C=O) groups is 3. The second kappa shape index (κ2) is 11.5. The van der Waals surface area contributed by atoms with Crippen LogP contribution in [0.1, 0.15) is 84.0 Å². The molecule has 5 rings (SSSR count). The Morgan fingerprint density at radius 3 is 2.53 bits per heavy atom. The molecule has 2 saturated heterocycles. The second-order valence-corrected chi connectivity index (χ2v) is 11.7. The number of carbonyl (C=O) groups excluding carboxylic acids is 3. The highest BCUT2D eigenvalue weighted by atomic mass is 16.6. The van der Waals surface area contributed by atoms with Crippen LogP contribution in [0.2, 0.25) is 0 Å². The molecule has 0 aromatic heterocycles. The number of hydrogen-bond acceptors (Lipinski definition) is 6. The molecular formula is C30H44N2O6. The van der Waals surface area contributed by atoms with Gasteiger partial charge < -0.3 is 24.4 Å². The smallest absolute Gasteiger partial charge is 0.313 e. The van der Waals surface area contributed by atoms with Gasteiger partial charge in [-0.1, -0.05) is 50.5 Å². The average molecular weight is 529 g/mol. The third-order valence-corrected chi connectivity index (χ3v) is 9.49. The molecule has 5 aliphatic rings. The molecule has 2 amide bonds. The first kappa shape index (κ1) is 27.4. The van der Waals surface area contributed by atoms with Crippen LogP contribution in [0.5, 0.6) is 0 Å². The van der Waals surface area contributed by atoms with E-state index in [0.717, 1.165) is 51.4 Å². The minimum atomic E-state index is -1.22. The van der Waals surface area contributed by atoms with E-state index in [1.54, 1.807) is 4.90 Å². The Hall–Kier alpha value is -2.19. The maximum Gasteiger partial charge on any atom is 0.313 e. The maximum absolute atomic E-state index is 14.5. The monoisotopic (exact) mass is 528 g/mol. The largest absolute Gasteiger partial charge is 0.465 e. The third kappa shape index (κ3) is 4.61. The van der Waals surface area contributed by atoms with Crippen LogP contribution >= 0.6 is 0 Å². The van der Waals surface area contributed by atoms with Crippen LogP contribution in [0.25, 0.3) is 0 Å². The van der Waals surface area contributed by atoms with Crippen molar-refractivity contribution in [3.8, 4) is 0 Å². The van der Waals surface area contributed by atoms with Crippen LogP contribution < -0.4 is 0 Å². The molecule has 8 heteroatoms. The molecule has 1 unspecified atom stereocenters. The van der Waals surface area contributed by atoms with Crippen molar-refractivity contribution in [1.82, 2.24) is 9.80 Å². The highest BCUT2D eigenvalue weighted by Crippen LogP contribution is 2.58. The number of nitrogens with zero attached hydrogens (tertiary/aromatic N) is 2. The Labute approximate surface area is 226 Å². The summed E-state index contributed by atoms with van der Waals surface area (Å²) in [7, 11) is 0. The van der Waals surface area contributed by atoms with E-state index in [9.17, 15) is 19.5 Å². The number of allylic oxidation sites excluding steroid dienone is 1. The van der Waals surface area contributed by atoms with Crippen LogP contribution in [0.4, 0.5) is 0 Å². The predicted molar refractivity (Wildman–Crippen MR) is 142 cm³/mol. The van der Waals surface area contributed by atoms with Crippen LogP contribution in [-0.4, -0.2) is 82.3 Å². The summed E-state index contributed by atoms with van der Waals surface area (Å²) in [5, 5.41) is 9.26. The van der Waals surface area contributed by atoms with E-state index in [1.807, 2.05) is 30.1 Å². The minimum Gasteiger partial charge on any atom is -0.465 e. The van der Waals surface area contributed by atoms with Crippen molar-refractivity contribution in [2.24, 2.45) is 11.8 Å². The summed E-state index contributed by atoms with van der Waals surface area (Å²) in [5.74, 6) is -2.27. The number of cyclic esters (lactones) is 1. The van der Waals surface area contributed by atoms with E-state index < -0.39 is 35.0 Å². The first-order chi connectivity index (χ1) is 18.5. The summed E-state index contributed by atoms with van der Waals surface area (Å²) in [6.45, 7) is 3.31. The molecule has 4 aliphatic heterocycles. The first-order valence-corrected chi connectivity index (χ1v) is 14.9. The summed E-state index contributed by atoms with van der Waals surface area (Å²) in [6.07, 6.45) is 18.5. The summed E-state index contributed by atoms with van der Waals surface area (Å²) >= 11 is 0. The number of likely N-dealkylation sites (tertiary alicyclic amines) is 1. The number of aliphatic hydroxyl groups is 1. The number of rotatable bonds is 7. The van der Waals surface area contributed by atoms with Gasteiger partial charge in [0.05, 0.1) is 12.5 Å². The van der Waals surface area contributed by atoms with Gasteiger partial charge in [0.1, 0.15) is 23.2 Å². The summed E-state index contributed by atoms with van der Waals surface area (Å²) in [5.41, 5.74) is -2.22. The van der Waals surface area contributed by atoms with Gasteiger partial charge in [-0.05, 0) is 57.8 Å². The zero-order chi connectivity index (χ0) is 26.8. The van der Waals surface area contributed by atoms with E-state index >= 15 is 0 Å². The second-order valence-electron chi connectivity index (χ2n) is 11.7. The lowest BCUT2D eigenvalue weighted by Gasteiger charge is -2.40. The number of aliphatic hydroxyl groups excluding tert-OH is 1. The first-order valence-electron chi connectivity index (χ1n) is 14.9. The summed E-state index contributed by atoms with van der Waals surface area (Å²) in [6, 6.07) is -0.648. The van der Waals surface area contributed by atoms with Crippen LogP contribution in [0.15, 0.2) is 24.3 Å². The van der Waals surface area contributed by atoms with Crippen molar-refractivity contribution in [2.45, 2.75) is 107 Å². The topological polar surface area (TPSA) is 96.4 Å². The molecule has 0 aromatic carbocycles. The lowest BCUT2D eigenvalue weighted by Crippen LogP contribution is -2.57. The van der Waals surface area contributed by atoms with Gasteiger partial charge in [-0.2, -0.15) is 0 Å². The molecular weight excluding hydrogens is 484 g/mol. The van der Waals surface area contributed by atoms with Gasteiger partial charge in [0.15, 0.2) is 0 Å². The Balaban J connectivity index is 1.58. The molecule has 1 aliphatic carbocycles. The predicted octanol–water partition coefficient (Wildman–Crippen LogP) is 3.52. The number of hydrogen-bond donors (Lipinski definition) is 1. The van der Waals surface area contributed by atoms with Crippen molar-refractivity contribution >= 4 is 17.8 Å². The van der Waals surface area contributed by atoms with E-state index in [-0.39, 0.29) is 24.5 Å². The molecule has 4 heterocycles. The van der Waals surface area contributed by atoms with Crippen molar-refractivity contribution in [3.63, 3.8) is 0 Å². The Morgan fingerprint density at radius 1 is 0.947 bits per heavy atom. The number of amides is 2. The molecule has 38 heavy (non-hydrogen) atoms. The molecule has 5 atom stereocenters. The molecule has 0 bridgehead atoms. The van der Waals surface area contributed by atoms with Gasteiger partial charge in [-0.15, -0.1) is 0 Å². The van der Waals surface area contributed by atoms with E-state index in [1.165, 1.54) is 6.42 Å². The highest BCUT2D eigenvalue weighted by molar-refractivity contribution is 5.99. The fourth-order valence-corrected chi connectivity index (χ4v) is 7.59. The molecule has 0 radical (unpaired) electrons. The molecule has 1 spiro atoms. The standard InChI is InChI=1S/C30H44N2O6/c1-2-29-16-9-3-4-12-21-37-28(36)24(29)23-26(34)32(18-10-6-11-20-33)25-27(35)31(22-14-7-5-8-15-22)19-13-17-30(23,25)38-29/h9,13,16-17,22-25,33H,2-8,10-12,14-15,18-21H2,1H3/b16-9-/t23-,24-,25?,29+,30-/m0/s1. The van der Waals surface area contributed by atoms with Crippen molar-refractivity contribution in [3.05, 3.63) is 24.3 Å². The van der Waals surface area contributed by atoms with Crippen molar-refractivity contribution in [1.29, 1.82) is 0 Å². The van der Waals surface area contributed by atoms with Gasteiger partial charge in [0.25, 0.3) is 0 Å². The third-order valence-electron chi connectivity index (χ3n) is 9.49. The quantitative estimate of drug-likeness (QED) is 0.309. The molecule has 3 fully saturated rings. The van der Waals surface area contributed by atoms with E-state index in [2.05, 4.69) is 6.08 Å². The zero-order valence-corrected chi connectivity index (χ0v) is 22.8. The molecule has 0 aromatic rings. The summed E-state index contributed by atoms with van der Waals surface area (Å²) in [4.78, 5) is 46.1. The van der Waals surface area contributed by atoms with Crippen LogP contribution in [0, 0.1) is 11.8 Å². The number of esters is 1. The number of fused-ring (bicyclic) bond motifs is 2. The fraction of sp³-hybridized carbons (Fsp3) is 0.767. The SMILES string of the molecule is CC[C@@]12/C=C\CCCCOC(=O)[C@@H]1[C@H]1C(=O)N(CCCCCO)C3C(=O)N(C4CCCCC4)CC=C[C@@]31O2. The maximum atomic E-state index is 14.5. The van der Waals surface area contributed by atoms with Crippen LogP contribution in [-0.2, 0) is 23.9 Å². The molecule has 210 valence electrons. The van der Waals surface area contributed by atoms with Gasteiger partial charge in [-0.25, -0.2) is 0 Å². The summed E-state index contributed by atoms with van der Waals surface area (Å²) < 4.78 is 12.8. The minimum absolute atomic E-state index is 0.0628. The van der Waals surface area contributed by atoms with E-state index in [4.69, 9.17) is 9.47 Å². The van der Waals surface area contributed by atoms with Gasteiger partial charge in [-0.3, -0.25) is 14.4 Å². The lowest BCUT2D eigenvalue weighted by molar-refractivity contribution is -0.162. The molecule has 8 nitrogen and oxygen atoms in total. The highest BCUT2D eigenvalue weighted by Gasteiger charge is 2.75. The Bertz CT molecular complexity index is 958. The number of ether oxygens (including phenoxy) is 2. The fourth-order valence-electron chi connectivity index (χ4n) is 7.59. The van der Waals surface area contributed by atoms with Gasteiger partial charge in [0.2, 0.25) is 11.8 Å². The average Bonchev–Trinajstić information content (AvgIpc) is 3.28. The zero-order valence-electron chi connectivity index (χ0n) is 22.8. The van der Waals surface area contributed by atoms with Gasteiger partial charge in [0, 0.05) is 25.7 Å². The van der Waals surface area contributed by atoms with E-state index in [0.29, 0.717) is 39.0 Å². The van der Waals surface area contributed by atoms with Crippen molar-refractivity contribution in [2.75, 3.05) is 26.3 Å². The Morgan fingerprint density at radius 2 is 1.76 bits per heavy atom. The molecule has 1 N–H and O–H groups in total. The number of unbranched alkanes of at least 4 members (excludes halogenated alkanes) is 2. The molecule has 1 saturated carbocycles. The van der Waals surface area contributed by atoms with Crippen molar-refractivity contribution < 1.29 is 29.0 Å². The normalized spacial score (nSPS) is 36.9. The lowest BCUT2D eigenvalue weighted by atomic mass is 9.73.